The first kappa shape index (κ1) is 20.1. The molecule has 8 nitrogen and oxygen atoms in total. The first-order valence-electron chi connectivity index (χ1n) is 9.30. The molecule has 0 spiro atoms. The van der Waals surface area contributed by atoms with E-state index in [2.05, 4.69) is 30.9 Å². The Balaban J connectivity index is 1.41. The van der Waals surface area contributed by atoms with Crippen LogP contribution in [0.3, 0.4) is 0 Å². The molecule has 0 aliphatic carbocycles. The third-order valence-electron chi connectivity index (χ3n) is 4.14. The van der Waals surface area contributed by atoms with Crippen LogP contribution in [-0.4, -0.2) is 42.0 Å². The number of nitrogens with one attached hydrogen (secondary N) is 3. The summed E-state index contributed by atoms with van der Waals surface area (Å²) in [7, 11) is 1.68. The number of nitrogens with zero attached hydrogens (tertiary/aromatic N) is 3. The molecule has 0 bridgehead atoms. The SMILES string of the molecule is CN=C(NCCNC(=O)c1cccnc1)NCc1coc(-c2ccc(C)cc2)n1. The monoisotopic (exact) mass is 392 g/mol. The molecule has 3 rings (SSSR count). The van der Waals surface area contributed by atoms with Gasteiger partial charge in [-0.05, 0) is 31.2 Å². The number of aromatic nitrogens is 2. The van der Waals surface area contributed by atoms with E-state index in [1.54, 1.807) is 31.6 Å². The number of benzene rings is 1. The van der Waals surface area contributed by atoms with E-state index in [4.69, 9.17) is 4.42 Å². The number of oxazole rings is 1. The minimum Gasteiger partial charge on any atom is -0.444 e. The van der Waals surface area contributed by atoms with Crippen LogP contribution >= 0.6 is 0 Å². The largest absolute Gasteiger partial charge is 0.444 e. The lowest BCUT2D eigenvalue weighted by atomic mass is 10.1. The van der Waals surface area contributed by atoms with Gasteiger partial charge in [-0.3, -0.25) is 14.8 Å². The Labute approximate surface area is 169 Å². The predicted octanol–water partition coefficient (Wildman–Crippen LogP) is 2.14. The van der Waals surface area contributed by atoms with Crippen molar-refractivity contribution >= 4 is 11.9 Å². The molecular weight excluding hydrogens is 368 g/mol. The number of aryl methyl sites for hydroxylation is 1. The summed E-state index contributed by atoms with van der Waals surface area (Å²) in [6.07, 6.45) is 4.79. The molecule has 2 aromatic heterocycles. The molecule has 150 valence electrons. The Bertz CT molecular complexity index is 951. The number of amides is 1. The van der Waals surface area contributed by atoms with Gasteiger partial charge in [0.1, 0.15) is 6.26 Å². The van der Waals surface area contributed by atoms with Gasteiger partial charge in [0.15, 0.2) is 5.96 Å². The number of hydrogen-bond acceptors (Lipinski definition) is 5. The van der Waals surface area contributed by atoms with Gasteiger partial charge in [-0.25, -0.2) is 4.98 Å². The molecule has 0 fully saturated rings. The van der Waals surface area contributed by atoms with Crippen LogP contribution in [0.4, 0.5) is 0 Å². The molecule has 0 atom stereocenters. The maximum Gasteiger partial charge on any atom is 0.252 e. The summed E-state index contributed by atoms with van der Waals surface area (Å²) in [5, 5.41) is 9.14. The number of hydrogen-bond donors (Lipinski definition) is 3. The fourth-order valence-corrected chi connectivity index (χ4v) is 2.57. The third kappa shape index (κ3) is 5.90. The van der Waals surface area contributed by atoms with Gasteiger partial charge in [0.25, 0.3) is 5.91 Å². The summed E-state index contributed by atoms with van der Waals surface area (Å²) in [4.78, 5) is 24.6. The highest BCUT2D eigenvalue weighted by Gasteiger charge is 2.08. The van der Waals surface area contributed by atoms with Crippen LogP contribution in [0.1, 0.15) is 21.6 Å². The van der Waals surface area contributed by atoms with Gasteiger partial charge in [-0.2, -0.15) is 0 Å². The topological polar surface area (TPSA) is 104 Å². The molecule has 0 radical (unpaired) electrons. The van der Waals surface area contributed by atoms with Gasteiger partial charge < -0.3 is 20.4 Å². The van der Waals surface area contributed by atoms with Crippen LogP contribution in [0.15, 0.2) is 64.5 Å². The van der Waals surface area contributed by atoms with Gasteiger partial charge in [0, 0.05) is 38.1 Å². The van der Waals surface area contributed by atoms with Gasteiger partial charge in [-0.15, -0.1) is 0 Å². The molecule has 8 heteroatoms. The summed E-state index contributed by atoms with van der Waals surface area (Å²) < 4.78 is 5.56. The van der Waals surface area contributed by atoms with Gasteiger partial charge in [-0.1, -0.05) is 17.7 Å². The Kier molecular flexibility index (Phi) is 6.94. The van der Waals surface area contributed by atoms with Crippen LogP contribution in [0.5, 0.6) is 0 Å². The molecule has 0 saturated heterocycles. The minimum atomic E-state index is -0.158. The highest BCUT2D eigenvalue weighted by atomic mass is 16.3. The molecule has 0 unspecified atom stereocenters. The van der Waals surface area contributed by atoms with E-state index in [1.165, 1.54) is 11.8 Å². The van der Waals surface area contributed by atoms with Gasteiger partial charge in [0.05, 0.1) is 17.8 Å². The zero-order valence-electron chi connectivity index (χ0n) is 16.5. The van der Waals surface area contributed by atoms with Crippen LogP contribution in [-0.2, 0) is 6.54 Å². The van der Waals surface area contributed by atoms with Crippen molar-refractivity contribution in [2.75, 3.05) is 20.1 Å². The van der Waals surface area contributed by atoms with Crippen molar-refractivity contribution in [3.8, 4) is 11.5 Å². The average Bonchev–Trinajstić information content (AvgIpc) is 3.23. The Morgan fingerprint density at radius 2 is 1.90 bits per heavy atom. The summed E-state index contributed by atoms with van der Waals surface area (Å²) in [5.74, 6) is 1.04. The number of carbonyl (C=O) groups excluding carboxylic acids is 1. The normalized spacial score (nSPS) is 11.2. The van der Waals surface area contributed by atoms with Crippen molar-refractivity contribution < 1.29 is 9.21 Å². The lowest BCUT2D eigenvalue weighted by Crippen LogP contribution is -2.41. The number of rotatable bonds is 7. The van der Waals surface area contributed by atoms with E-state index >= 15 is 0 Å². The van der Waals surface area contributed by atoms with Gasteiger partial charge in [0.2, 0.25) is 5.89 Å². The molecular formula is C21H24N6O2. The highest BCUT2D eigenvalue weighted by Crippen LogP contribution is 2.18. The standard InChI is InChI=1S/C21H24N6O2/c1-15-5-7-16(8-6-15)20-27-18(14-29-20)13-26-21(22-2)25-11-10-24-19(28)17-4-3-9-23-12-17/h3-9,12,14H,10-11,13H2,1-2H3,(H,24,28)(H2,22,25,26). The zero-order valence-corrected chi connectivity index (χ0v) is 16.5. The summed E-state index contributed by atoms with van der Waals surface area (Å²) in [6, 6.07) is 11.5. The lowest BCUT2D eigenvalue weighted by molar-refractivity contribution is 0.0954. The molecule has 3 aromatic rings. The molecule has 1 amide bonds. The maximum absolute atomic E-state index is 12.0. The maximum atomic E-state index is 12.0. The Morgan fingerprint density at radius 3 is 2.62 bits per heavy atom. The minimum absolute atomic E-state index is 0.158. The van der Waals surface area contributed by atoms with Crippen molar-refractivity contribution in [2.24, 2.45) is 4.99 Å². The molecule has 29 heavy (non-hydrogen) atoms. The summed E-state index contributed by atoms with van der Waals surface area (Å²) >= 11 is 0. The molecule has 2 heterocycles. The second kappa shape index (κ2) is 10.0. The van der Waals surface area contributed by atoms with Crippen molar-refractivity contribution in [3.63, 3.8) is 0 Å². The van der Waals surface area contributed by atoms with E-state index in [1.807, 2.05) is 31.2 Å². The van der Waals surface area contributed by atoms with E-state index in [-0.39, 0.29) is 5.91 Å². The van der Waals surface area contributed by atoms with E-state index in [9.17, 15) is 4.79 Å². The van der Waals surface area contributed by atoms with Crippen LogP contribution in [0.25, 0.3) is 11.5 Å². The van der Waals surface area contributed by atoms with E-state index in [0.29, 0.717) is 37.0 Å². The quantitative estimate of drug-likeness (QED) is 0.323. The van der Waals surface area contributed by atoms with E-state index < -0.39 is 0 Å². The number of pyridine rings is 1. The first-order valence-corrected chi connectivity index (χ1v) is 9.30. The predicted molar refractivity (Wildman–Crippen MR) is 111 cm³/mol. The third-order valence-corrected chi connectivity index (χ3v) is 4.14. The van der Waals surface area contributed by atoms with E-state index in [0.717, 1.165) is 11.3 Å². The molecule has 0 aliphatic rings. The van der Waals surface area contributed by atoms with Crippen LogP contribution in [0, 0.1) is 6.92 Å². The summed E-state index contributed by atoms with van der Waals surface area (Å²) in [5.41, 5.74) is 3.43. The zero-order chi connectivity index (χ0) is 20.5. The van der Waals surface area contributed by atoms with Crippen molar-refractivity contribution in [3.05, 3.63) is 71.9 Å². The second-order valence-corrected chi connectivity index (χ2v) is 6.36. The number of aliphatic imine (C=N–C) groups is 1. The second-order valence-electron chi connectivity index (χ2n) is 6.36. The van der Waals surface area contributed by atoms with Crippen molar-refractivity contribution in [1.82, 2.24) is 25.9 Å². The first-order chi connectivity index (χ1) is 14.2. The smallest absolute Gasteiger partial charge is 0.252 e. The van der Waals surface area contributed by atoms with Crippen LogP contribution < -0.4 is 16.0 Å². The highest BCUT2D eigenvalue weighted by molar-refractivity contribution is 5.93. The van der Waals surface area contributed by atoms with Crippen LogP contribution in [0.2, 0.25) is 0 Å². The summed E-state index contributed by atoms with van der Waals surface area (Å²) in [6.45, 7) is 3.49. The average molecular weight is 392 g/mol. The fourth-order valence-electron chi connectivity index (χ4n) is 2.57. The van der Waals surface area contributed by atoms with Crippen molar-refractivity contribution in [2.45, 2.75) is 13.5 Å². The number of guanidine groups is 1. The Morgan fingerprint density at radius 1 is 1.10 bits per heavy atom. The van der Waals surface area contributed by atoms with Crippen molar-refractivity contribution in [1.29, 1.82) is 0 Å². The molecule has 0 saturated carbocycles. The number of carbonyl (C=O) groups is 1. The molecule has 1 aromatic carbocycles. The van der Waals surface area contributed by atoms with Gasteiger partial charge >= 0.3 is 0 Å². The Hall–Kier alpha value is -3.68. The lowest BCUT2D eigenvalue weighted by Gasteiger charge is -2.11. The fraction of sp³-hybridized carbons (Fsp3) is 0.238. The molecule has 0 aliphatic heterocycles. The molecule has 3 N–H and O–H groups in total.